The van der Waals surface area contributed by atoms with Gasteiger partial charge in [0, 0.05) is 11.5 Å². The van der Waals surface area contributed by atoms with Crippen LogP contribution < -0.4 is 15.8 Å². The molecule has 0 saturated carbocycles. The normalized spacial score (nSPS) is 12.4. The molecule has 0 aliphatic rings. The molecule has 1 aromatic heterocycles. The Morgan fingerprint density at radius 1 is 1.39 bits per heavy atom. The van der Waals surface area contributed by atoms with Crippen LogP contribution in [0.15, 0.2) is 18.2 Å². The summed E-state index contributed by atoms with van der Waals surface area (Å²) in [4.78, 5) is 16.4. The third-order valence-electron chi connectivity index (χ3n) is 3.20. The summed E-state index contributed by atoms with van der Waals surface area (Å²) in [5.41, 5.74) is 5.30. The molecule has 0 aliphatic carbocycles. The van der Waals surface area contributed by atoms with Crippen LogP contribution in [0.4, 0.5) is 18.3 Å². The number of halogens is 3. The summed E-state index contributed by atoms with van der Waals surface area (Å²) in [6, 6.07) is 3.83. The maximum absolute atomic E-state index is 12.2. The molecule has 5 nitrogen and oxygen atoms in total. The minimum atomic E-state index is -4.75. The fourth-order valence-corrected chi connectivity index (χ4v) is 2.79. The molecule has 2 aromatic rings. The van der Waals surface area contributed by atoms with Gasteiger partial charge in [-0.15, -0.1) is 13.2 Å². The lowest BCUT2D eigenvalue weighted by atomic mass is 9.88. The van der Waals surface area contributed by atoms with Crippen LogP contribution in [0.2, 0.25) is 0 Å². The molecular formula is C14H16F3N3O2S. The summed E-state index contributed by atoms with van der Waals surface area (Å²) in [5.74, 6) is -0.566. The number of carbonyl (C=O) groups excluding carboxylic acids is 1. The minimum absolute atomic E-state index is 0.242. The van der Waals surface area contributed by atoms with E-state index in [0.717, 1.165) is 11.3 Å². The molecular weight excluding hydrogens is 331 g/mol. The lowest BCUT2D eigenvalue weighted by molar-refractivity contribution is -0.274. The van der Waals surface area contributed by atoms with E-state index in [0.29, 0.717) is 28.3 Å². The van der Waals surface area contributed by atoms with Gasteiger partial charge in [-0.05, 0) is 25.1 Å². The Bertz CT molecular complexity index is 713. The van der Waals surface area contributed by atoms with Crippen molar-refractivity contribution < 1.29 is 22.7 Å². The maximum atomic E-state index is 12.2. The Labute approximate surface area is 134 Å². The highest BCUT2D eigenvalue weighted by Crippen LogP contribution is 2.32. The van der Waals surface area contributed by atoms with E-state index >= 15 is 0 Å². The summed E-state index contributed by atoms with van der Waals surface area (Å²) in [5, 5.41) is 2.99. The zero-order valence-electron chi connectivity index (χ0n) is 12.5. The van der Waals surface area contributed by atoms with Gasteiger partial charge >= 0.3 is 6.36 Å². The number of thiazole rings is 1. The lowest BCUT2D eigenvalue weighted by Gasteiger charge is -2.21. The van der Waals surface area contributed by atoms with E-state index in [1.54, 1.807) is 13.8 Å². The van der Waals surface area contributed by atoms with Crippen LogP contribution in [0.1, 0.15) is 20.3 Å². The van der Waals surface area contributed by atoms with Gasteiger partial charge in [0.2, 0.25) is 5.91 Å². The predicted molar refractivity (Wildman–Crippen MR) is 82.4 cm³/mol. The number of benzene rings is 1. The molecule has 23 heavy (non-hydrogen) atoms. The number of carbonyl (C=O) groups is 1. The number of fused-ring (bicyclic) bond motifs is 1. The number of amides is 1. The molecule has 0 saturated heterocycles. The van der Waals surface area contributed by atoms with Crippen molar-refractivity contribution in [1.29, 1.82) is 0 Å². The predicted octanol–water partition coefficient (Wildman–Crippen LogP) is 3.51. The molecule has 1 aromatic carbocycles. The number of rotatable bonds is 5. The highest BCUT2D eigenvalue weighted by Gasteiger charge is 2.31. The van der Waals surface area contributed by atoms with Crippen LogP contribution in [0.25, 0.3) is 10.2 Å². The first kappa shape index (κ1) is 17.5. The van der Waals surface area contributed by atoms with Crippen LogP contribution in [-0.4, -0.2) is 23.8 Å². The summed E-state index contributed by atoms with van der Waals surface area (Å²) in [6.45, 7) is 3.90. The molecule has 3 N–H and O–H groups in total. The molecule has 0 unspecified atom stereocenters. The number of nitrogens with zero attached hydrogens (tertiary/aromatic N) is 1. The van der Waals surface area contributed by atoms with E-state index in [2.05, 4.69) is 15.0 Å². The first-order valence-corrected chi connectivity index (χ1v) is 7.60. The molecule has 0 bridgehead atoms. The number of nitrogens with two attached hydrogens (primary N) is 1. The fraction of sp³-hybridized carbons (Fsp3) is 0.429. The van der Waals surface area contributed by atoms with Crippen LogP contribution >= 0.6 is 11.3 Å². The summed E-state index contributed by atoms with van der Waals surface area (Å²) >= 11 is 1.08. The fourth-order valence-electron chi connectivity index (χ4n) is 1.90. The number of hydrogen-bond acceptors (Lipinski definition) is 5. The third kappa shape index (κ3) is 4.55. The van der Waals surface area contributed by atoms with Gasteiger partial charge in [-0.25, -0.2) is 4.98 Å². The monoisotopic (exact) mass is 347 g/mol. The van der Waals surface area contributed by atoms with Gasteiger partial charge in [0.05, 0.1) is 10.2 Å². The summed E-state index contributed by atoms with van der Waals surface area (Å²) in [6.07, 6.45) is -4.24. The molecule has 0 spiro atoms. The van der Waals surface area contributed by atoms with Crippen LogP contribution in [0.3, 0.4) is 0 Å². The van der Waals surface area contributed by atoms with Crippen LogP contribution in [0, 0.1) is 5.41 Å². The molecule has 126 valence electrons. The average Bonchev–Trinajstić information content (AvgIpc) is 2.78. The van der Waals surface area contributed by atoms with Crippen molar-refractivity contribution in [2.75, 3.05) is 11.9 Å². The van der Waals surface area contributed by atoms with Gasteiger partial charge in [0.1, 0.15) is 5.75 Å². The second-order valence-electron chi connectivity index (χ2n) is 5.57. The van der Waals surface area contributed by atoms with E-state index < -0.39 is 11.8 Å². The quantitative estimate of drug-likeness (QED) is 0.868. The van der Waals surface area contributed by atoms with Crippen molar-refractivity contribution >= 4 is 32.6 Å². The molecule has 0 aliphatic heterocycles. The molecule has 2 rings (SSSR count). The topological polar surface area (TPSA) is 77.2 Å². The smallest absolute Gasteiger partial charge is 0.406 e. The zero-order chi connectivity index (χ0) is 17.3. The zero-order valence-corrected chi connectivity index (χ0v) is 13.3. The Kier molecular flexibility index (Phi) is 4.81. The second-order valence-corrected chi connectivity index (χ2v) is 6.60. The summed E-state index contributed by atoms with van der Waals surface area (Å²) in [7, 11) is 0. The van der Waals surface area contributed by atoms with Crippen LogP contribution in [-0.2, 0) is 4.79 Å². The highest BCUT2D eigenvalue weighted by atomic mass is 32.1. The van der Waals surface area contributed by atoms with Gasteiger partial charge < -0.3 is 15.8 Å². The summed E-state index contributed by atoms with van der Waals surface area (Å²) < 4.78 is 41.0. The van der Waals surface area contributed by atoms with Gasteiger partial charge in [-0.2, -0.15) is 0 Å². The SMILES string of the molecule is CC(C)(CCN)C(=O)Nc1nc2ccc(OC(F)(F)F)cc2s1. The number of aromatic nitrogens is 1. The van der Waals surface area contributed by atoms with Crippen molar-refractivity contribution in [2.24, 2.45) is 11.1 Å². The molecule has 1 heterocycles. The molecule has 1 amide bonds. The standard InChI is InChI=1S/C14H16F3N3O2S/c1-13(2,5-6-18)11(21)20-12-19-9-4-3-8(7-10(9)23-12)22-14(15,16)17/h3-4,7H,5-6,18H2,1-2H3,(H,19,20,21). The van der Waals surface area contributed by atoms with E-state index in [4.69, 9.17) is 5.73 Å². The molecule has 9 heteroatoms. The van der Waals surface area contributed by atoms with E-state index in [1.807, 2.05) is 0 Å². The third-order valence-corrected chi connectivity index (χ3v) is 4.13. The first-order valence-electron chi connectivity index (χ1n) is 6.78. The van der Waals surface area contributed by atoms with E-state index in [1.165, 1.54) is 18.2 Å². The van der Waals surface area contributed by atoms with Gasteiger partial charge in [-0.1, -0.05) is 25.2 Å². The number of anilines is 1. The highest BCUT2D eigenvalue weighted by molar-refractivity contribution is 7.22. The maximum Gasteiger partial charge on any atom is 0.573 e. The molecule has 0 atom stereocenters. The van der Waals surface area contributed by atoms with Crippen LogP contribution in [0.5, 0.6) is 5.75 Å². The first-order chi connectivity index (χ1) is 10.6. The Balaban J connectivity index is 2.19. The largest absolute Gasteiger partial charge is 0.573 e. The number of ether oxygens (including phenoxy) is 1. The number of alkyl halides is 3. The lowest BCUT2D eigenvalue weighted by Crippen LogP contribution is -2.32. The Morgan fingerprint density at radius 2 is 2.09 bits per heavy atom. The Morgan fingerprint density at radius 3 is 2.70 bits per heavy atom. The van der Waals surface area contributed by atoms with Gasteiger partial charge in [0.25, 0.3) is 0 Å². The van der Waals surface area contributed by atoms with Crippen molar-refractivity contribution in [2.45, 2.75) is 26.6 Å². The van der Waals surface area contributed by atoms with Crippen molar-refractivity contribution in [3.63, 3.8) is 0 Å². The van der Waals surface area contributed by atoms with Crippen molar-refractivity contribution in [3.05, 3.63) is 18.2 Å². The van der Waals surface area contributed by atoms with Crippen molar-refractivity contribution in [1.82, 2.24) is 4.98 Å². The molecule has 0 fully saturated rings. The minimum Gasteiger partial charge on any atom is -0.406 e. The van der Waals surface area contributed by atoms with Gasteiger partial charge in [0.15, 0.2) is 5.13 Å². The van der Waals surface area contributed by atoms with E-state index in [-0.39, 0.29) is 11.7 Å². The second kappa shape index (κ2) is 6.32. The molecule has 0 radical (unpaired) electrons. The average molecular weight is 347 g/mol. The number of hydrogen-bond donors (Lipinski definition) is 2. The Hall–Kier alpha value is -1.87. The number of nitrogens with one attached hydrogen (secondary N) is 1. The van der Waals surface area contributed by atoms with E-state index in [9.17, 15) is 18.0 Å². The van der Waals surface area contributed by atoms with Gasteiger partial charge in [-0.3, -0.25) is 4.79 Å². The van der Waals surface area contributed by atoms with Crippen molar-refractivity contribution in [3.8, 4) is 5.75 Å².